The average Bonchev–Trinajstić information content (AvgIpc) is 2.16. The summed E-state index contributed by atoms with van der Waals surface area (Å²) >= 11 is 0. The van der Waals surface area contributed by atoms with Crippen molar-refractivity contribution >= 4 is 0 Å². The van der Waals surface area contributed by atoms with E-state index in [1.165, 1.54) is 38.0 Å². The third kappa shape index (κ3) is 4.77. The van der Waals surface area contributed by atoms with Crippen molar-refractivity contribution < 1.29 is 0 Å². The molecule has 1 heterocycles. The standard InChI is InChI=1S/C12H24N2/c1-11(2)6-8-14(3)10-12-5-4-7-13-9-12/h12-13H,1,4-10H2,2-3H3. The maximum atomic E-state index is 3.93. The van der Waals surface area contributed by atoms with E-state index in [1.807, 2.05) is 0 Å². The molecule has 0 bridgehead atoms. The van der Waals surface area contributed by atoms with E-state index in [0.717, 1.165) is 18.9 Å². The van der Waals surface area contributed by atoms with Crippen LogP contribution in [0.5, 0.6) is 0 Å². The largest absolute Gasteiger partial charge is 0.316 e. The van der Waals surface area contributed by atoms with E-state index in [9.17, 15) is 0 Å². The molecule has 0 aromatic heterocycles. The molecule has 1 unspecified atom stereocenters. The number of nitrogens with zero attached hydrogens (tertiary/aromatic N) is 1. The van der Waals surface area contributed by atoms with Gasteiger partial charge >= 0.3 is 0 Å². The van der Waals surface area contributed by atoms with Crippen molar-refractivity contribution in [3.63, 3.8) is 0 Å². The van der Waals surface area contributed by atoms with Gasteiger partial charge in [-0.25, -0.2) is 0 Å². The molecule has 1 rings (SSSR count). The summed E-state index contributed by atoms with van der Waals surface area (Å²) in [7, 11) is 2.22. The van der Waals surface area contributed by atoms with E-state index in [2.05, 4.69) is 30.8 Å². The van der Waals surface area contributed by atoms with E-state index in [-0.39, 0.29) is 0 Å². The van der Waals surface area contributed by atoms with Crippen LogP contribution in [-0.4, -0.2) is 38.1 Å². The molecule has 0 aromatic carbocycles. The molecule has 1 fully saturated rings. The molecule has 0 spiro atoms. The first-order valence-corrected chi connectivity index (χ1v) is 5.72. The Morgan fingerprint density at radius 1 is 1.57 bits per heavy atom. The zero-order valence-electron chi connectivity index (χ0n) is 9.68. The summed E-state index contributed by atoms with van der Waals surface area (Å²) in [6, 6.07) is 0. The lowest BCUT2D eigenvalue weighted by molar-refractivity contribution is 0.245. The summed E-state index contributed by atoms with van der Waals surface area (Å²) < 4.78 is 0. The molecule has 1 saturated heterocycles. The van der Waals surface area contributed by atoms with Crippen LogP contribution in [0.25, 0.3) is 0 Å². The lowest BCUT2D eigenvalue weighted by Crippen LogP contribution is -2.37. The average molecular weight is 196 g/mol. The smallest absolute Gasteiger partial charge is 0.00189 e. The molecule has 2 nitrogen and oxygen atoms in total. The third-order valence-electron chi connectivity index (χ3n) is 2.89. The van der Waals surface area contributed by atoms with Gasteiger partial charge in [0, 0.05) is 13.1 Å². The Kier molecular flexibility index (Phi) is 5.20. The second kappa shape index (κ2) is 6.20. The first-order valence-electron chi connectivity index (χ1n) is 5.72. The fourth-order valence-electron chi connectivity index (χ4n) is 1.99. The molecule has 0 saturated carbocycles. The molecule has 0 radical (unpaired) electrons. The number of hydrogen-bond acceptors (Lipinski definition) is 2. The Morgan fingerprint density at radius 3 is 2.93 bits per heavy atom. The fraction of sp³-hybridized carbons (Fsp3) is 0.833. The number of hydrogen-bond donors (Lipinski definition) is 1. The molecular formula is C12H24N2. The molecule has 1 atom stereocenters. The molecule has 1 aliphatic heterocycles. The van der Waals surface area contributed by atoms with Gasteiger partial charge in [0.2, 0.25) is 0 Å². The van der Waals surface area contributed by atoms with Gasteiger partial charge in [0.1, 0.15) is 0 Å². The molecule has 2 heteroatoms. The number of nitrogens with one attached hydrogen (secondary N) is 1. The first kappa shape index (κ1) is 11.7. The molecule has 82 valence electrons. The molecule has 1 N–H and O–H groups in total. The van der Waals surface area contributed by atoms with Crippen LogP contribution in [0.3, 0.4) is 0 Å². The normalized spacial score (nSPS) is 22.6. The predicted molar refractivity (Wildman–Crippen MR) is 62.5 cm³/mol. The van der Waals surface area contributed by atoms with Gasteiger partial charge in [0.05, 0.1) is 0 Å². The minimum absolute atomic E-state index is 0.860. The summed E-state index contributed by atoms with van der Waals surface area (Å²) in [5, 5.41) is 3.46. The van der Waals surface area contributed by atoms with Gasteiger partial charge in [-0.05, 0) is 52.2 Å². The van der Waals surface area contributed by atoms with Crippen molar-refractivity contribution in [2.75, 3.05) is 33.2 Å². The van der Waals surface area contributed by atoms with Crippen LogP contribution in [-0.2, 0) is 0 Å². The second-order valence-electron chi connectivity index (χ2n) is 4.68. The predicted octanol–water partition coefficient (Wildman–Crippen LogP) is 1.88. The minimum atomic E-state index is 0.860. The Morgan fingerprint density at radius 2 is 2.36 bits per heavy atom. The van der Waals surface area contributed by atoms with Crippen LogP contribution in [0, 0.1) is 5.92 Å². The summed E-state index contributed by atoms with van der Waals surface area (Å²) in [6.07, 6.45) is 3.88. The summed E-state index contributed by atoms with van der Waals surface area (Å²) in [6.45, 7) is 10.9. The zero-order valence-corrected chi connectivity index (χ0v) is 9.68. The van der Waals surface area contributed by atoms with E-state index in [1.54, 1.807) is 0 Å². The Balaban J connectivity index is 2.11. The molecule has 1 aliphatic rings. The van der Waals surface area contributed by atoms with E-state index < -0.39 is 0 Å². The van der Waals surface area contributed by atoms with Crippen molar-refractivity contribution in [3.8, 4) is 0 Å². The van der Waals surface area contributed by atoms with Crippen molar-refractivity contribution in [2.45, 2.75) is 26.2 Å². The van der Waals surface area contributed by atoms with Crippen LogP contribution in [0.4, 0.5) is 0 Å². The van der Waals surface area contributed by atoms with Crippen LogP contribution in [0.1, 0.15) is 26.2 Å². The Bertz CT molecular complexity index is 171. The molecule has 0 amide bonds. The summed E-state index contributed by atoms with van der Waals surface area (Å²) in [4.78, 5) is 2.44. The fourth-order valence-corrected chi connectivity index (χ4v) is 1.99. The summed E-state index contributed by atoms with van der Waals surface area (Å²) in [5.41, 5.74) is 1.29. The Hall–Kier alpha value is -0.340. The molecule has 0 aliphatic carbocycles. The maximum Gasteiger partial charge on any atom is 0.00189 e. The summed E-state index contributed by atoms with van der Waals surface area (Å²) in [5.74, 6) is 0.860. The van der Waals surface area contributed by atoms with Crippen LogP contribution in [0.15, 0.2) is 12.2 Å². The van der Waals surface area contributed by atoms with Crippen LogP contribution in [0.2, 0.25) is 0 Å². The van der Waals surface area contributed by atoms with Crippen molar-refractivity contribution in [2.24, 2.45) is 5.92 Å². The highest BCUT2D eigenvalue weighted by atomic mass is 15.1. The van der Waals surface area contributed by atoms with Crippen molar-refractivity contribution in [1.82, 2.24) is 10.2 Å². The van der Waals surface area contributed by atoms with Gasteiger partial charge in [-0.2, -0.15) is 0 Å². The highest BCUT2D eigenvalue weighted by molar-refractivity contribution is 4.88. The van der Waals surface area contributed by atoms with Gasteiger partial charge in [-0.15, -0.1) is 6.58 Å². The second-order valence-corrected chi connectivity index (χ2v) is 4.68. The van der Waals surface area contributed by atoms with E-state index in [0.29, 0.717) is 0 Å². The van der Waals surface area contributed by atoms with Crippen LogP contribution >= 0.6 is 0 Å². The Labute approximate surface area is 88.4 Å². The highest BCUT2D eigenvalue weighted by Gasteiger charge is 2.14. The van der Waals surface area contributed by atoms with Gasteiger partial charge in [-0.3, -0.25) is 0 Å². The van der Waals surface area contributed by atoms with E-state index >= 15 is 0 Å². The maximum absolute atomic E-state index is 3.93. The zero-order chi connectivity index (χ0) is 10.4. The highest BCUT2D eigenvalue weighted by Crippen LogP contribution is 2.11. The SMILES string of the molecule is C=C(C)CCN(C)CC1CCCNC1. The van der Waals surface area contributed by atoms with Gasteiger partial charge in [0.15, 0.2) is 0 Å². The van der Waals surface area contributed by atoms with Gasteiger partial charge in [0.25, 0.3) is 0 Å². The molecular weight excluding hydrogens is 172 g/mol. The van der Waals surface area contributed by atoms with Crippen LogP contribution < -0.4 is 5.32 Å². The van der Waals surface area contributed by atoms with Crippen molar-refractivity contribution in [1.29, 1.82) is 0 Å². The minimum Gasteiger partial charge on any atom is -0.316 e. The first-order chi connectivity index (χ1) is 6.68. The quantitative estimate of drug-likeness (QED) is 0.675. The van der Waals surface area contributed by atoms with Crippen molar-refractivity contribution in [3.05, 3.63) is 12.2 Å². The lowest BCUT2D eigenvalue weighted by Gasteiger charge is -2.27. The third-order valence-corrected chi connectivity index (χ3v) is 2.89. The van der Waals surface area contributed by atoms with E-state index in [4.69, 9.17) is 0 Å². The molecule has 14 heavy (non-hydrogen) atoms. The monoisotopic (exact) mass is 196 g/mol. The number of piperidine rings is 1. The molecule has 0 aromatic rings. The lowest BCUT2D eigenvalue weighted by atomic mass is 9.99. The van der Waals surface area contributed by atoms with Gasteiger partial charge in [-0.1, -0.05) is 5.57 Å². The topological polar surface area (TPSA) is 15.3 Å². The number of rotatable bonds is 5. The van der Waals surface area contributed by atoms with Gasteiger partial charge < -0.3 is 10.2 Å².